The molecular weight excluding hydrogens is 401 g/mol. The molecule has 0 atom stereocenters. The Morgan fingerprint density at radius 2 is 1.85 bits per heavy atom. The van der Waals surface area contributed by atoms with Crippen molar-refractivity contribution in [3.05, 3.63) is 57.6 Å². The second-order valence-electron chi connectivity index (χ2n) is 5.07. The first-order valence-electron chi connectivity index (χ1n) is 7.34. The van der Waals surface area contributed by atoms with Crippen molar-refractivity contribution in [1.82, 2.24) is 0 Å². The number of ether oxygens (including phenoxy) is 2. The van der Waals surface area contributed by atoms with Crippen LogP contribution in [0.15, 0.2) is 42.0 Å². The predicted octanol–water partition coefficient (Wildman–Crippen LogP) is 5.15. The smallest absolute Gasteiger partial charge is 0.387 e. The summed E-state index contributed by atoms with van der Waals surface area (Å²) in [4.78, 5) is 12.3. The monoisotopic (exact) mass is 412 g/mol. The molecule has 0 aliphatic rings. The Bertz CT molecular complexity index is 907. The van der Waals surface area contributed by atoms with Crippen molar-refractivity contribution in [2.45, 2.75) is 6.61 Å². The van der Waals surface area contributed by atoms with Gasteiger partial charge in [-0.05, 0) is 42.0 Å². The number of nitrogens with zero attached hydrogens (tertiary/aromatic N) is 1. The normalized spacial score (nSPS) is 11.1. The van der Waals surface area contributed by atoms with Gasteiger partial charge in [0, 0.05) is 15.7 Å². The van der Waals surface area contributed by atoms with Gasteiger partial charge in [0.25, 0.3) is 5.91 Å². The first-order chi connectivity index (χ1) is 12.8. The standard InChI is InChI=1S/C18H12Cl2F2N2O3/c1-26-16-5-10(2-3-15(16)27-18(21)22)4-11(9-23)17(25)24-14-7-12(19)6-13(20)8-14/h2-8,18H,1H3,(H,24,25)/b11-4-. The molecule has 1 amide bonds. The van der Waals surface area contributed by atoms with Crippen molar-refractivity contribution in [3.8, 4) is 17.6 Å². The molecule has 0 aliphatic heterocycles. The van der Waals surface area contributed by atoms with E-state index < -0.39 is 12.5 Å². The maximum atomic E-state index is 12.4. The number of hydrogen-bond acceptors (Lipinski definition) is 4. The zero-order chi connectivity index (χ0) is 20.0. The first kappa shape index (κ1) is 20.5. The van der Waals surface area contributed by atoms with E-state index in [-0.39, 0.29) is 17.1 Å². The molecule has 0 aromatic heterocycles. The summed E-state index contributed by atoms with van der Waals surface area (Å²) in [5.41, 5.74) is 0.469. The summed E-state index contributed by atoms with van der Waals surface area (Å²) in [7, 11) is 1.28. The molecular formula is C18H12Cl2F2N2O3. The molecule has 0 saturated carbocycles. The first-order valence-corrected chi connectivity index (χ1v) is 8.10. The number of halogens is 4. The Morgan fingerprint density at radius 3 is 2.41 bits per heavy atom. The van der Waals surface area contributed by atoms with Gasteiger partial charge in [-0.2, -0.15) is 14.0 Å². The number of anilines is 1. The number of nitrogens with one attached hydrogen (secondary N) is 1. The number of carbonyl (C=O) groups excluding carboxylic acids is 1. The largest absolute Gasteiger partial charge is 0.493 e. The van der Waals surface area contributed by atoms with Gasteiger partial charge in [0.1, 0.15) is 11.6 Å². The van der Waals surface area contributed by atoms with Gasteiger partial charge < -0.3 is 14.8 Å². The maximum absolute atomic E-state index is 12.4. The highest BCUT2D eigenvalue weighted by molar-refractivity contribution is 6.35. The minimum atomic E-state index is -3.01. The summed E-state index contributed by atoms with van der Waals surface area (Å²) in [6, 6.07) is 10.2. The number of carbonyl (C=O) groups is 1. The molecule has 140 valence electrons. The average Bonchev–Trinajstić information content (AvgIpc) is 2.59. The van der Waals surface area contributed by atoms with Crippen LogP contribution in [0, 0.1) is 11.3 Å². The summed E-state index contributed by atoms with van der Waals surface area (Å²) in [5.74, 6) is -0.827. The number of nitriles is 1. The lowest BCUT2D eigenvalue weighted by atomic mass is 10.1. The molecule has 0 unspecified atom stereocenters. The molecule has 27 heavy (non-hydrogen) atoms. The molecule has 0 spiro atoms. The van der Waals surface area contributed by atoms with Gasteiger partial charge in [0.15, 0.2) is 11.5 Å². The van der Waals surface area contributed by atoms with Gasteiger partial charge in [-0.15, -0.1) is 0 Å². The Labute approximate surface area is 163 Å². The lowest BCUT2D eigenvalue weighted by Crippen LogP contribution is -2.13. The van der Waals surface area contributed by atoms with E-state index in [0.29, 0.717) is 21.3 Å². The highest BCUT2D eigenvalue weighted by atomic mass is 35.5. The predicted molar refractivity (Wildman–Crippen MR) is 98.3 cm³/mol. The fraction of sp³-hybridized carbons (Fsp3) is 0.111. The van der Waals surface area contributed by atoms with Crippen molar-refractivity contribution < 1.29 is 23.0 Å². The zero-order valence-electron chi connectivity index (χ0n) is 13.8. The number of methoxy groups -OCH3 is 1. The van der Waals surface area contributed by atoms with E-state index in [2.05, 4.69) is 10.1 Å². The summed E-state index contributed by atoms with van der Waals surface area (Å²) in [6.45, 7) is -3.01. The van der Waals surface area contributed by atoms with E-state index in [4.69, 9.17) is 27.9 Å². The van der Waals surface area contributed by atoms with Crippen molar-refractivity contribution >= 4 is 40.9 Å². The van der Waals surface area contributed by atoms with E-state index >= 15 is 0 Å². The van der Waals surface area contributed by atoms with Gasteiger partial charge in [-0.1, -0.05) is 29.3 Å². The van der Waals surface area contributed by atoms with E-state index in [1.54, 1.807) is 6.07 Å². The molecule has 5 nitrogen and oxygen atoms in total. The number of benzene rings is 2. The van der Waals surface area contributed by atoms with Gasteiger partial charge in [-0.25, -0.2) is 0 Å². The SMILES string of the molecule is COc1cc(/C=C(/C#N)C(=O)Nc2cc(Cl)cc(Cl)c2)ccc1OC(F)F. The second kappa shape index (κ2) is 9.21. The number of hydrogen-bond donors (Lipinski definition) is 1. The lowest BCUT2D eigenvalue weighted by molar-refractivity contribution is -0.112. The molecule has 0 aliphatic carbocycles. The van der Waals surface area contributed by atoms with E-state index in [1.165, 1.54) is 49.6 Å². The number of rotatable bonds is 6. The van der Waals surface area contributed by atoms with Crippen LogP contribution in [0.2, 0.25) is 10.0 Å². The van der Waals surface area contributed by atoms with E-state index in [0.717, 1.165) is 0 Å². The minimum Gasteiger partial charge on any atom is -0.493 e. The van der Waals surface area contributed by atoms with E-state index in [9.17, 15) is 18.8 Å². The third-order valence-corrected chi connectivity index (χ3v) is 3.64. The van der Waals surface area contributed by atoms with Crippen LogP contribution in [0.4, 0.5) is 14.5 Å². The molecule has 2 aromatic rings. The van der Waals surface area contributed by atoms with Crippen LogP contribution in [0.25, 0.3) is 6.08 Å². The molecule has 0 fully saturated rings. The molecule has 2 rings (SSSR count). The highest BCUT2D eigenvalue weighted by Crippen LogP contribution is 2.30. The Morgan fingerprint density at radius 1 is 1.19 bits per heavy atom. The summed E-state index contributed by atoms with van der Waals surface area (Å²) in [5, 5.41) is 12.4. The molecule has 9 heteroatoms. The van der Waals surface area contributed by atoms with Crippen LogP contribution in [-0.2, 0) is 4.79 Å². The van der Waals surface area contributed by atoms with Gasteiger partial charge >= 0.3 is 6.61 Å². The van der Waals surface area contributed by atoms with Crippen LogP contribution in [0.1, 0.15) is 5.56 Å². The van der Waals surface area contributed by atoms with Gasteiger partial charge in [0.2, 0.25) is 0 Å². The number of amides is 1. The Kier molecular flexibility index (Phi) is 6.99. The Balaban J connectivity index is 2.26. The zero-order valence-corrected chi connectivity index (χ0v) is 15.3. The van der Waals surface area contributed by atoms with Crippen LogP contribution in [-0.4, -0.2) is 19.6 Å². The third-order valence-electron chi connectivity index (χ3n) is 3.20. The number of alkyl halides is 2. The van der Waals surface area contributed by atoms with Crippen molar-refractivity contribution in [2.24, 2.45) is 0 Å². The van der Waals surface area contributed by atoms with Gasteiger partial charge in [-0.3, -0.25) is 4.79 Å². The fourth-order valence-corrected chi connectivity index (χ4v) is 2.63. The van der Waals surface area contributed by atoms with Crippen LogP contribution >= 0.6 is 23.2 Å². The van der Waals surface area contributed by atoms with Crippen molar-refractivity contribution in [2.75, 3.05) is 12.4 Å². The molecule has 1 N–H and O–H groups in total. The maximum Gasteiger partial charge on any atom is 0.387 e. The summed E-state index contributed by atoms with van der Waals surface area (Å²) >= 11 is 11.7. The molecule has 0 saturated heterocycles. The van der Waals surface area contributed by atoms with Crippen LogP contribution < -0.4 is 14.8 Å². The van der Waals surface area contributed by atoms with Crippen LogP contribution in [0.3, 0.4) is 0 Å². The molecule has 0 radical (unpaired) electrons. The quantitative estimate of drug-likeness (QED) is 0.525. The lowest BCUT2D eigenvalue weighted by Gasteiger charge is -2.10. The van der Waals surface area contributed by atoms with Crippen molar-refractivity contribution in [3.63, 3.8) is 0 Å². The molecule has 0 heterocycles. The van der Waals surface area contributed by atoms with Crippen LogP contribution in [0.5, 0.6) is 11.5 Å². The van der Waals surface area contributed by atoms with E-state index in [1.807, 2.05) is 0 Å². The summed E-state index contributed by atoms with van der Waals surface area (Å²) < 4.78 is 34.0. The topological polar surface area (TPSA) is 71.3 Å². The fourth-order valence-electron chi connectivity index (χ4n) is 2.11. The van der Waals surface area contributed by atoms with Crippen molar-refractivity contribution in [1.29, 1.82) is 5.26 Å². The second-order valence-corrected chi connectivity index (χ2v) is 5.94. The minimum absolute atomic E-state index is 0.0309. The van der Waals surface area contributed by atoms with Gasteiger partial charge in [0.05, 0.1) is 7.11 Å². The average molecular weight is 413 g/mol. The molecule has 0 bridgehead atoms. The summed E-state index contributed by atoms with van der Waals surface area (Å²) in [6.07, 6.45) is 1.27. The highest BCUT2D eigenvalue weighted by Gasteiger charge is 2.13. The molecule has 2 aromatic carbocycles. The Hall–Kier alpha value is -2.82. The third kappa shape index (κ3) is 5.84.